The molecule has 39 heavy (non-hydrogen) atoms. The lowest BCUT2D eigenvalue weighted by Crippen LogP contribution is -2.46. The molecule has 0 unspecified atom stereocenters. The van der Waals surface area contributed by atoms with Crippen LogP contribution in [0.25, 0.3) is 11.0 Å². The summed E-state index contributed by atoms with van der Waals surface area (Å²) in [5, 5.41) is 1.05. The molecule has 0 aromatic carbocycles. The van der Waals surface area contributed by atoms with Gasteiger partial charge in [-0.2, -0.15) is 19.1 Å². The zero-order chi connectivity index (χ0) is 28.2. The number of hydrogen-bond acceptors (Lipinski definition) is 5. The molecule has 1 aliphatic heterocycles. The zero-order valence-electron chi connectivity index (χ0n) is 24.8. The van der Waals surface area contributed by atoms with E-state index in [1.165, 1.54) is 37.7 Å². The Bertz CT molecular complexity index is 1120. The van der Waals surface area contributed by atoms with Gasteiger partial charge in [0.1, 0.15) is 23.7 Å². The van der Waals surface area contributed by atoms with Crippen LogP contribution in [0.15, 0.2) is 16.9 Å². The van der Waals surface area contributed by atoms with E-state index in [9.17, 15) is 4.79 Å². The van der Waals surface area contributed by atoms with Crippen molar-refractivity contribution in [1.82, 2.24) is 14.5 Å². The van der Waals surface area contributed by atoms with Crippen LogP contribution in [0.3, 0.4) is 0 Å². The Morgan fingerprint density at radius 3 is 2.51 bits per heavy atom. The van der Waals surface area contributed by atoms with Crippen LogP contribution in [0, 0.1) is 5.41 Å². The van der Waals surface area contributed by atoms with Gasteiger partial charge in [0.05, 0.1) is 12.0 Å². The van der Waals surface area contributed by atoms with E-state index in [1.807, 2.05) is 25.7 Å². The molecule has 4 rings (SSSR count). The Balaban J connectivity index is 1.52. The summed E-state index contributed by atoms with van der Waals surface area (Å²) in [7, 11) is -0.297. The molecule has 3 heterocycles. The average molecular weight is 622 g/mol. The van der Waals surface area contributed by atoms with Crippen molar-refractivity contribution in [2.45, 2.75) is 110 Å². The second kappa shape index (κ2) is 12.9. The molecule has 2 fully saturated rings. The highest BCUT2D eigenvalue weighted by Gasteiger charge is 2.35. The van der Waals surface area contributed by atoms with Gasteiger partial charge < -0.3 is 23.7 Å². The van der Waals surface area contributed by atoms with Crippen LogP contribution >= 0.6 is 15.9 Å². The third kappa shape index (κ3) is 8.00. The molecule has 218 valence electrons. The standard InChI is InChI=1S/C30H47BrN3O4Si/c1-29(2,3)38-28(35)33-14-12-30(4,13-15-33)20-37-26-23(22-10-8-7-9-11-22)18-32-27-25(26)24(31)19-34(27)21-36-16-17-39(5)6/h18-19,22H,7-17,20-21H2,1-6H3/q-1. The van der Waals surface area contributed by atoms with Crippen LogP contribution in [0.2, 0.25) is 19.1 Å². The average Bonchev–Trinajstić information content (AvgIpc) is 3.20. The van der Waals surface area contributed by atoms with Gasteiger partial charge >= 0.3 is 6.09 Å². The van der Waals surface area contributed by atoms with Gasteiger partial charge in [0.25, 0.3) is 0 Å². The van der Waals surface area contributed by atoms with E-state index >= 15 is 0 Å². The molecular formula is C30H47BrN3O4Si-. The number of rotatable bonds is 9. The monoisotopic (exact) mass is 620 g/mol. The first-order valence-electron chi connectivity index (χ1n) is 14.6. The predicted octanol–water partition coefficient (Wildman–Crippen LogP) is 7.99. The van der Waals surface area contributed by atoms with Crippen LogP contribution in [0.4, 0.5) is 4.79 Å². The van der Waals surface area contributed by atoms with Crippen molar-refractivity contribution in [2.24, 2.45) is 5.41 Å². The van der Waals surface area contributed by atoms with Crippen LogP contribution in [-0.4, -0.2) is 61.2 Å². The minimum absolute atomic E-state index is 0.0181. The topological polar surface area (TPSA) is 65.8 Å². The van der Waals surface area contributed by atoms with Gasteiger partial charge in [-0.1, -0.05) is 26.2 Å². The maximum absolute atomic E-state index is 12.6. The second-order valence-electron chi connectivity index (χ2n) is 13.1. The lowest BCUT2D eigenvalue weighted by atomic mass is 9.81. The first-order valence-corrected chi connectivity index (χ1v) is 18.1. The van der Waals surface area contributed by atoms with E-state index in [1.54, 1.807) is 0 Å². The molecule has 0 bridgehead atoms. The van der Waals surface area contributed by atoms with E-state index in [-0.39, 0.29) is 20.3 Å². The van der Waals surface area contributed by atoms with Crippen molar-refractivity contribution in [3.05, 3.63) is 22.4 Å². The number of aromatic nitrogens is 2. The van der Waals surface area contributed by atoms with E-state index < -0.39 is 5.60 Å². The highest BCUT2D eigenvalue weighted by atomic mass is 79.9. The SMILES string of the molecule is C[Si-](C)CCOCn1cc(Br)c2c(OCC3(C)CCN(C(=O)OC(C)(C)C)CC3)c(C3CCCCC3)cnc21. The van der Waals surface area contributed by atoms with Gasteiger partial charge in [0.15, 0.2) is 0 Å². The molecule has 2 aliphatic rings. The van der Waals surface area contributed by atoms with Gasteiger partial charge in [-0.15, -0.1) is 0 Å². The van der Waals surface area contributed by atoms with Gasteiger partial charge in [-0.25, -0.2) is 9.78 Å². The number of amides is 1. The summed E-state index contributed by atoms with van der Waals surface area (Å²) in [5.41, 5.74) is 1.64. The number of piperidine rings is 1. The Morgan fingerprint density at radius 2 is 1.87 bits per heavy atom. The second-order valence-corrected chi connectivity index (χ2v) is 16.9. The van der Waals surface area contributed by atoms with Crippen molar-refractivity contribution in [3.8, 4) is 5.75 Å². The summed E-state index contributed by atoms with van der Waals surface area (Å²) < 4.78 is 21.5. The normalized spacial score (nSPS) is 18.6. The third-order valence-corrected chi connectivity index (χ3v) is 9.83. The molecule has 1 amide bonds. The molecule has 1 saturated heterocycles. The lowest BCUT2D eigenvalue weighted by Gasteiger charge is -2.39. The lowest BCUT2D eigenvalue weighted by molar-refractivity contribution is 0.00594. The molecule has 1 aliphatic carbocycles. The summed E-state index contributed by atoms with van der Waals surface area (Å²) in [6, 6.07) is 1.14. The van der Waals surface area contributed by atoms with Crippen molar-refractivity contribution < 1.29 is 19.0 Å². The number of carbonyl (C=O) groups excluding carboxylic acids is 1. The Kier molecular flexibility index (Phi) is 10.1. The Morgan fingerprint density at radius 1 is 1.18 bits per heavy atom. The molecule has 2 aromatic rings. The fraction of sp³-hybridized carbons (Fsp3) is 0.733. The summed E-state index contributed by atoms with van der Waals surface area (Å²) in [6.07, 6.45) is 11.9. The zero-order valence-corrected chi connectivity index (χ0v) is 27.4. The molecule has 0 atom stereocenters. The first-order chi connectivity index (χ1) is 18.5. The molecule has 0 N–H and O–H groups in total. The summed E-state index contributed by atoms with van der Waals surface area (Å²) in [4.78, 5) is 19.4. The molecule has 0 spiro atoms. The third-order valence-electron chi connectivity index (χ3n) is 8.03. The van der Waals surface area contributed by atoms with E-state index in [2.05, 4.69) is 52.9 Å². The van der Waals surface area contributed by atoms with Gasteiger partial charge in [0.2, 0.25) is 0 Å². The van der Waals surface area contributed by atoms with Crippen molar-refractivity contribution in [3.63, 3.8) is 0 Å². The molecule has 0 radical (unpaired) electrons. The van der Waals surface area contributed by atoms with Crippen LogP contribution in [0.1, 0.15) is 84.1 Å². The number of fused-ring (bicyclic) bond motifs is 1. The summed E-state index contributed by atoms with van der Waals surface area (Å²) in [6.45, 7) is 15.9. The Labute approximate surface area is 244 Å². The maximum Gasteiger partial charge on any atom is 0.410 e. The van der Waals surface area contributed by atoms with Crippen LogP contribution in [-0.2, 0) is 16.2 Å². The number of ether oxygens (including phenoxy) is 3. The molecule has 7 nitrogen and oxygen atoms in total. The number of likely N-dealkylation sites (tertiary alicyclic amines) is 1. The fourth-order valence-corrected chi connectivity index (χ4v) is 6.70. The number of hydrogen-bond donors (Lipinski definition) is 0. The van der Waals surface area contributed by atoms with Gasteiger partial charge in [-0.05, 0) is 68.3 Å². The smallest absolute Gasteiger partial charge is 0.410 e. The van der Waals surface area contributed by atoms with Crippen LogP contribution < -0.4 is 4.74 Å². The number of pyridine rings is 1. The maximum atomic E-state index is 12.6. The van der Waals surface area contributed by atoms with Gasteiger partial charge in [0, 0.05) is 47.5 Å². The highest BCUT2D eigenvalue weighted by Crippen LogP contribution is 2.44. The van der Waals surface area contributed by atoms with Crippen molar-refractivity contribution in [2.75, 3.05) is 26.3 Å². The van der Waals surface area contributed by atoms with Crippen molar-refractivity contribution in [1.29, 1.82) is 0 Å². The van der Waals surface area contributed by atoms with Gasteiger partial charge in [-0.3, -0.25) is 8.80 Å². The molecule has 2 aromatic heterocycles. The first kappa shape index (κ1) is 30.4. The largest absolute Gasteiger partial charge is 0.492 e. The highest BCUT2D eigenvalue weighted by molar-refractivity contribution is 9.10. The quantitative estimate of drug-likeness (QED) is 0.210. The number of carbonyl (C=O) groups is 1. The van der Waals surface area contributed by atoms with Crippen molar-refractivity contribution >= 4 is 41.9 Å². The minimum atomic E-state index is -0.478. The van der Waals surface area contributed by atoms with E-state index in [0.717, 1.165) is 46.7 Å². The Hall–Kier alpha value is -1.58. The van der Waals surface area contributed by atoms with E-state index in [0.29, 0.717) is 32.3 Å². The minimum Gasteiger partial charge on any atom is -0.492 e. The molecule has 1 saturated carbocycles. The summed E-state index contributed by atoms with van der Waals surface area (Å²) in [5.74, 6) is 1.45. The predicted molar refractivity (Wildman–Crippen MR) is 162 cm³/mol. The fourth-order valence-electron chi connectivity index (χ4n) is 5.54. The number of halogens is 1. The summed E-state index contributed by atoms with van der Waals surface area (Å²) >= 11 is 3.84. The van der Waals surface area contributed by atoms with E-state index in [4.69, 9.17) is 19.2 Å². The molecular weight excluding hydrogens is 574 g/mol. The molecule has 9 heteroatoms. The van der Waals surface area contributed by atoms with Crippen LogP contribution in [0.5, 0.6) is 5.75 Å². The number of nitrogens with zero attached hydrogens (tertiary/aromatic N) is 3.